The normalized spacial score (nSPS) is 32.9. The second-order valence-electron chi connectivity index (χ2n) is 6.16. The van der Waals surface area contributed by atoms with E-state index in [1.165, 1.54) is 12.8 Å². The van der Waals surface area contributed by atoms with Gasteiger partial charge in [-0.15, -0.1) is 0 Å². The summed E-state index contributed by atoms with van der Waals surface area (Å²) in [6.45, 7) is 4.23. The van der Waals surface area contributed by atoms with Crippen molar-refractivity contribution in [3.63, 3.8) is 0 Å². The maximum Gasteiger partial charge on any atom is 0.223 e. The summed E-state index contributed by atoms with van der Waals surface area (Å²) < 4.78 is 5.27. The molecular weight excluding hydrogens is 244 g/mol. The van der Waals surface area contributed by atoms with Crippen molar-refractivity contribution < 1.29 is 14.6 Å². The molecule has 1 aliphatic heterocycles. The van der Waals surface area contributed by atoms with Crippen molar-refractivity contribution in [2.75, 3.05) is 39.4 Å². The van der Waals surface area contributed by atoms with Crippen LogP contribution < -0.4 is 5.32 Å². The SMILES string of the molecule is O=C(NC[C@H](O)CN1CCOCC1)[C@H]1C[C@H]1C1CC1. The van der Waals surface area contributed by atoms with Gasteiger partial charge >= 0.3 is 0 Å². The minimum absolute atomic E-state index is 0.151. The fourth-order valence-electron chi connectivity index (χ4n) is 3.06. The number of hydrogen-bond donors (Lipinski definition) is 2. The van der Waals surface area contributed by atoms with Crippen LogP contribution >= 0.6 is 0 Å². The number of ether oxygens (including phenoxy) is 1. The highest BCUT2D eigenvalue weighted by Gasteiger charge is 2.50. The maximum atomic E-state index is 11.9. The molecular formula is C14H24N2O3. The van der Waals surface area contributed by atoms with Crippen LogP contribution in [0.15, 0.2) is 0 Å². The predicted octanol–water partition coefficient (Wildman–Crippen LogP) is -0.158. The van der Waals surface area contributed by atoms with Crippen molar-refractivity contribution in [1.29, 1.82) is 0 Å². The Bertz CT molecular complexity index is 327. The number of rotatable bonds is 6. The van der Waals surface area contributed by atoms with Crippen molar-refractivity contribution in [3.8, 4) is 0 Å². The van der Waals surface area contributed by atoms with Gasteiger partial charge in [0.2, 0.25) is 5.91 Å². The zero-order valence-corrected chi connectivity index (χ0v) is 11.4. The first-order valence-corrected chi connectivity index (χ1v) is 7.50. The number of carbonyl (C=O) groups is 1. The molecule has 0 aromatic rings. The summed E-state index contributed by atoms with van der Waals surface area (Å²) in [5, 5.41) is 12.8. The van der Waals surface area contributed by atoms with Crippen LogP contribution in [0.4, 0.5) is 0 Å². The lowest BCUT2D eigenvalue weighted by Crippen LogP contribution is -2.44. The molecule has 3 fully saturated rings. The van der Waals surface area contributed by atoms with E-state index in [1.807, 2.05) is 0 Å². The largest absolute Gasteiger partial charge is 0.390 e. The summed E-state index contributed by atoms with van der Waals surface area (Å²) in [5.41, 5.74) is 0. The Morgan fingerprint density at radius 3 is 2.79 bits per heavy atom. The number of hydrogen-bond acceptors (Lipinski definition) is 4. The summed E-state index contributed by atoms with van der Waals surface area (Å²) in [6, 6.07) is 0. The lowest BCUT2D eigenvalue weighted by atomic mass is 10.2. The molecule has 5 heteroatoms. The lowest BCUT2D eigenvalue weighted by Gasteiger charge is -2.28. The zero-order valence-electron chi connectivity index (χ0n) is 11.4. The van der Waals surface area contributed by atoms with Gasteiger partial charge in [0.25, 0.3) is 0 Å². The van der Waals surface area contributed by atoms with E-state index < -0.39 is 6.10 Å². The number of amides is 1. The molecule has 0 bridgehead atoms. The first kappa shape index (κ1) is 13.3. The Morgan fingerprint density at radius 2 is 2.11 bits per heavy atom. The van der Waals surface area contributed by atoms with Crippen LogP contribution in [0, 0.1) is 17.8 Å². The maximum absolute atomic E-state index is 11.9. The monoisotopic (exact) mass is 268 g/mol. The first-order valence-electron chi connectivity index (χ1n) is 7.50. The van der Waals surface area contributed by atoms with Gasteiger partial charge in [-0.3, -0.25) is 9.69 Å². The van der Waals surface area contributed by atoms with Gasteiger partial charge in [-0.05, 0) is 31.1 Å². The number of β-amino-alcohol motifs (C(OH)–C–C–N with tert-alkyl or cyclic N) is 1. The van der Waals surface area contributed by atoms with Crippen molar-refractivity contribution in [2.24, 2.45) is 17.8 Å². The summed E-state index contributed by atoms with van der Waals surface area (Å²) in [7, 11) is 0. The first-order chi connectivity index (χ1) is 9.24. The molecule has 1 saturated heterocycles. The third kappa shape index (κ3) is 3.68. The zero-order chi connectivity index (χ0) is 13.2. The Balaban J connectivity index is 1.31. The van der Waals surface area contributed by atoms with Crippen molar-refractivity contribution in [3.05, 3.63) is 0 Å². The topological polar surface area (TPSA) is 61.8 Å². The van der Waals surface area contributed by atoms with E-state index in [1.54, 1.807) is 0 Å². The lowest BCUT2D eigenvalue weighted by molar-refractivity contribution is -0.123. The van der Waals surface area contributed by atoms with E-state index in [9.17, 15) is 9.90 Å². The van der Waals surface area contributed by atoms with Crippen molar-refractivity contribution >= 4 is 5.91 Å². The third-order valence-electron chi connectivity index (χ3n) is 4.49. The highest BCUT2D eigenvalue weighted by Crippen LogP contribution is 2.54. The molecule has 2 N–H and O–H groups in total. The molecule has 3 aliphatic rings. The molecule has 19 heavy (non-hydrogen) atoms. The molecule has 5 nitrogen and oxygen atoms in total. The Labute approximate surface area is 114 Å². The van der Waals surface area contributed by atoms with Crippen LogP contribution in [-0.4, -0.2) is 61.4 Å². The van der Waals surface area contributed by atoms with Crippen LogP contribution in [0.3, 0.4) is 0 Å². The molecule has 0 radical (unpaired) electrons. The number of morpholine rings is 1. The van der Waals surface area contributed by atoms with Gasteiger partial charge in [-0.2, -0.15) is 0 Å². The molecule has 108 valence electrons. The number of aliphatic hydroxyl groups is 1. The molecule has 0 aromatic heterocycles. The minimum Gasteiger partial charge on any atom is -0.390 e. The second kappa shape index (κ2) is 5.77. The molecule has 0 spiro atoms. The third-order valence-corrected chi connectivity index (χ3v) is 4.49. The van der Waals surface area contributed by atoms with Gasteiger partial charge in [-0.1, -0.05) is 0 Å². The summed E-state index contributed by atoms with van der Waals surface area (Å²) in [4.78, 5) is 14.1. The standard InChI is InChI=1S/C14H24N2O3/c17-11(9-16-3-5-19-6-4-16)8-15-14(18)13-7-12(13)10-1-2-10/h10-13,17H,1-9H2,(H,15,18)/t11-,12-,13-/m0/s1. The quantitative estimate of drug-likeness (QED) is 0.703. The van der Waals surface area contributed by atoms with E-state index >= 15 is 0 Å². The van der Waals surface area contributed by atoms with E-state index in [4.69, 9.17) is 4.74 Å². The fraction of sp³-hybridized carbons (Fsp3) is 0.929. The van der Waals surface area contributed by atoms with Crippen LogP contribution in [0.25, 0.3) is 0 Å². The van der Waals surface area contributed by atoms with E-state index in [0.717, 1.165) is 38.6 Å². The van der Waals surface area contributed by atoms with Crippen LogP contribution in [0.1, 0.15) is 19.3 Å². The Morgan fingerprint density at radius 1 is 1.37 bits per heavy atom. The van der Waals surface area contributed by atoms with Gasteiger partial charge in [0, 0.05) is 32.1 Å². The van der Waals surface area contributed by atoms with Gasteiger partial charge in [0.05, 0.1) is 19.3 Å². The molecule has 3 rings (SSSR count). The van der Waals surface area contributed by atoms with Crippen molar-refractivity contribution in [2.45, 2.75) is 25.4 Å². The minimum atomic E-state index is -0.472. The number of aliphatic hydroxyl groups excluding tert-OH is 1. The van der Waals surface area contributed by atoms with E-state index in [0.29, 0.717) is 19.0 Å². The molecule has 2 saturated carbocycles. The van der Waals surface area contributed by atoms with Gasteiger partial charge in [0.1, 0.15) is 0 Å². The molecule has 0 unspecified atom stereocenters. The number of nitrogens with zero attached hydrogens (tertiary/aromatic N) is 1. The Hall–Kier alpha value is -0.650. The van der Waals surface area contributed by atoms with Gasteiger partial charge in [0.15, 0.2) is 0 Å². The predicted molar refractivity (Wildman–Crippen MR) is 70.6 cm³/mol. The van der Waals surface area contributed by atoms with Crippen LogP contribution in [0.5, 0.6) is 0 Å². The number of nitrogens with one attached hydrogen (secondary N) is 1. The average Bonchev–Trinajstić information content (AvgIpc) is 3.28. The van der Waals surface area contributed by atoms with Crippen LogP contribution in [-0.2, 0) is 9.53 Å². The fourth-order valence-corrected chi connectivity index (χ4v) is 3.06. The highest BCUT2D eigenvalue weighted by atomic mass is 16.5. The van der Waals surface area contributed by atoms with Gasteiger partial charge < -0.3 is 15.2 Å². The van der Waals surface area contributed by atoms with Gasteiger partial charge in [-0.25, -0.2) is 0 Å². The summed E-state index contributed by atoms with van der Waals surface area (Å²) in [6.07, 6.45) is 3.22. The Kier molecular flexibility index (Phi) is 4.05. The molecule has 1 heterocycles. The summed E-state index contributed by atoms with van der Waals surface area (Å²) in [5.74, 6) is 1.87. The molecule has 1 amide bonds. The smallest absolute Gasteiger partial charge is 0.223 e. The average molecular weight is 268 g/mol. The number of carbonyl (C=O) groups excluding carboxylic acids is 1. The molecule has 3 atom stereocenters. The molecule has 2 aliphatic carbocycles. The van der Waals surface area contributed by atoms with Crippen molar-refractivity contribution in [1.82, 2.24) is 10.2 Å². The summed E-state index contributed by atoms with van der Waals surface area (Å²) >= 11 is 0. The van der Waals surface area contributed by atoms with E-state index in [2.05, 4.69) is 10.2 Å². The molecule has 0 aromatic carbocycles. The second-order valence-corrected chi connectivity index (χ2v) is 6.16. The van der Waals surface area contributed by atoms with E-state index in [-0.39, 0.29) is 11.8 Å². The highest BCUT2D eigenvalue weighted by molar-refractivity contribution is 5.81. The van der Waals surface area contributed by atoms with Crippen LogP contribution in [0.2, 0.25) is 0 Å².